The van der Waals surface area contributed by atoms with Gasteiger partial charge in [0.25, 0.3) is 0 Å². The van der Waals surface area contributed by atoms with Crippen molar-refractivity contribution in [3.05, 3.63) is 17.1 Å². The molecule has 1 atom stereocenters. The Balaban J connectivity index is 4.08. The second kappa shape index (κ2) is 16.2. The molecule has 0 aliphatic rings. The van der Waals surface area contributed by atoms with Crippen molar-refractivity contribution in [3.63, 3.8) is 0 Å². The number of allylic oxidation sites excluding steroid dienone is 2. The number of nitrogens with zero attached hydrogens (tertiary/aromatic N) is 2. The highest BCUT2D eigenvalue weighted by Crippen LogP contribution is 2.16. The van der Waals surface area contributed by atoms with Crippen LogP contribution in [-0.4, -0.2) is 35.3 Å². The SMILES string of the molecule is CCCCN(C(C)=O)C(CCBr)CCC/C=C\CCCCN=O. The maximum atomic E-state index is 11.9. The number of carbonyl (C=O) groups excluding carboxylic acids is 1. The summed E-state index contributed by atoms with van der Waals surface area (Å²) < 4.78 is 0. The number of amides is 1. The van der Waals surface area contributed by atoms with Crippen LogP contribution in [0.15, 0.2) is 17.3 Å². The van der Waals surface area contributed by atoms with Gasteiger partial charge in [0.05, 0.1) is 6.54 Å². The first-order chi connectivity index (χ1) is 11.2. The predicted molar refractivity (Wildman–Crippen MR) is 102 cm³/mol. The number of unbranched alkanes of at least 4 members (excludes halogenated alkanes) is 4. The zero-order valence-electron chi connectivity index (χ0n) is 14.8. The van der Waals surface area contributed by atoms with Gasteiger partial charge in [0.2, 0.25) is 5.91 Å². The predicted octanol–water partition coefficient (Wildman–Crippen LogP) is 5.45. The second-order valence-electron chi connectivity index (χ2n) is 5.95. The number of halogens is 1. The summed E-state index contributed by atoms with van der Waals surface area (Å²) in [5.74, 6) is 0.198. The van der Waals surface area contributed by atoms with Crippen molar-refractivity contribution < 1.29 is 4.79 Å². The summed E-state index contributed by atoms with van der Waals surface area (Å²) >= 11 is 3.52. The van der Waals surface area contributed by atoms with Crippen LogP contribution in [0.4, 0.5) is 0 Å². The third kappa shape index (κ3) is 12.4. The van der Waals surface area contributed by atoms with Gasteiger partial charge in [-0.3, -0.25) is 4.79 Å². The van der Waals surface area contributed by atoms with Gasteiger partial charge in [-0.2, -0.15) is 4.91 Å². The monoisotopic (exact) mass is 388 g/mol. The molecule has 0 radical (unpaired) electrons. The van der Waals surface area contributed by atoms with E-state index in [1.54, 1.807) is 6.92 Å². The molecule has 1 unspecified atom stereocenters. The van der Waals surface area contributed by atoms with Crippen LogP contribution in [0.3, 0.4) is 0 Å². The number of carbonyl (C=O) groups is 1. The number of hydrogen-bond donors (Lipinski definition) is 0. The lowest BCUT2D eigenvalue weighted by Gasteiger charge is -2.31. The van der Waals surface area contributed by atoms with Gasteiger partial charge in [-0.25, -0.2) is 0 Å². The maximum absolute atomic E-state index is 11.9. The molecule has 0 spiro atoms. The van der Waals surface area contributed by atoms with Crippen molar-refractivity contribution in [2.75, 3.05) is 18.4 Å². The first-order valence-electron chi connectivity index (χ1n) is 8.94. The first-order valence-corrected chi connectivity index (χ1v) is 10.1. The molecule has 1 amide bonds. The Bertz CT molecular complexity index is 335. The molecule has 134 valence electrons. The molecule has 0 saturated carbocycles. The lowest BCUT2D eigenvalue weighted by molar-refractivity contribution is -0.131. The number of alkyl halides is 1. The molecule has 0 aliphatic carbocycles. The van der Waals surface area contributed by atoms with Gasteiger partial charge in [-0.15, -0.1) is 0 Å². The van der Waals surface area contributed by atoms with Crippen LogP contribution < -0.4 is 0 Å². The maximum Gasteiger partial charge on any atom is 0.219 e. The fourth-order valence-electron chi connectivity index (χ4n) is 2.65. The summed E-state index contributed by atoms with van der Waals surface area (Å²) in [5.41, 5.74) is 0. The summed E-state index contributed by atoms with van der Waals surface area (Å²) in [4.78, 5) is 23.9. The fourth-order valence-corrected chi connectivity index (χ4v) is 3.18. The topological polar surface area (TPSA) is 49.7 Å². The van der Waals surface area contributed by atoms with E-state index < -0.39 is 0 Å². The molecular formula is C18H33BrN2O2. The van der Waals surface area contributed by atoms with Crippen molar-refractivity contribution in [1.29, 1.82) is 0 Å². The van der Waals surface area contributed by atoms with Crippen LogP contribution in [-0.2, 0) is 4.79 Å². The zero-order valence-corrected chi connectivity index (χ0v) is 16.4. The Morgan fingerprint density at radius 1 is 1.13 bits per heavy atom. The average molecular weight is 389 g/mol. The highest BCUT2D eigenvalue weighted by Gasteiger charge is 2.19. The lowest BCUT2D eigenvalue weighted by atomic mass is 10.0. The minimum atomic E-state index is 0.198. The average Bonchev–Trinajstić information content (AvgIpc) is 2.53. The van der Waals surface area contributed by atoms with E-state index in [4.69, 9.17) is 0 Å². The summed E-state index contributed by atoms with van der Waals surface area (Å²) in [7, 11) is 0. The number of hydrogen-bond acceptors (Lipinski definition) is 3. The van der Waals surface area contributed by atoms with Crippen molar-refractivity contribution in [2.45, 2.75) is 77.7 Å². The van der Waals surface area contributed by atoms with E-state index in [-0.39, 0.29) is 5.91 Å². The quantitative estimate of drug-likeness (QED) is 0.162. The summed E-state index contributed by atoms with van der Waals surface area (Å²) in [6, 6.07) is 0.352. The van der Waals surface area contributed by atoms with Gasteiger partial charge in [-0.1, -0.05) is 46.6 Å². The largest absolute Gasteiger partial charge is 0.340 e. The van der Waals surface area contributed by atoms with Crippen LogP contribution in [0.2, 0.25) is 0 Å². The Morgan fingerprint density at radius 2 is 1.83 bits per heavy atom. The van der Waals surface area contributed by atoms with E-state index >= 15 is 0 Å². The molecular weight excluding hydrogens is 356 g/mol. The molecule has 0 aromatic rings. The van der Waals surface area contributed by atoms with Crippen LogP contribution in [0.5, 0.6) is 0 Å². The third-order valence-electron chi connectivity index (χ3n) is 3.99. The summed E-state index contributed by atoms with van der Waals surface area (Å²) in [6.45, 7) is 5.16. The first kappa shape index (κ1) is 22.3. The Labute approximate surface area is 150 Å². The van der Waals surface area contributed by atoms with Crippen molar-refractivity contribution >= 4 is 21.8 Å². The minimum absolute atomic E-state index is 0.198. The van der Waals surface area contributed by atoms with E-state index in [0.29, 0.717) is 12.6 Å². The molecule has 0 rings (SSSR count). The third-order valence-corrected chi connectivity index (χ3v) is 4.44. The van der Waals surface area contributed by atoms with E-state index in [0.717, 1.165) is 69.7 Å². The van der Waals surface area contributed by atoms with Gasteiger partial charge in [0.1, 0.15) is 0 Å². The standard InChI is InChI=1S/C18H33BrN2O2/c1-3-4-16-21(17(2)22)18(13-14-19)12-10-8-6-5-7-9-11-15-20-23/h5-6,18H,3-4,7-16H2,1-2H3/b6-5-. The van der Waals surface area contributed by atoms with E-state index in [2.05, 4.69) is 45.1 Å². The molecule has 0 N–H and O–H groups in total. The highest BCUT2D eigenvalue weighted by atomic mass is 79.9. The molecule has 5 heteroatoms. The van der Waals surface area contributed by atoms with Crippen molar-refractivity contribution in [3.8, 4) is 0 Å². The number of rotatable bonds is 15. The van der Waals surface area contributed by atoms with Crippen LogP contribution in [0, 0.1) is 4.91 Å². The molecule has 0 aromatic carbocycles. The Kier molecular flexibility index (Phi) is 15.7. The molecule has 0 saturated heterocycles. The Morgan fingerprint density at radius 3 is 2.39 bits per heavy atom. The molecule has 0 bridgehead atoms. The molecule has 23 heavy (non-hydrogen) atoms. The van der Waals surface area contributed by atoms with Gasteiger partial charge < -0.3 is 4.90 Å². The zero-order chi connectivity index (χ0) is 17.3. The summed E-state index contributed by atoms with van der Waals surface area (Å²) in [6.07, 6.45) is 13.8. The van der Waals surface area contributed by atoms with E-state index in [9.17, 15) is 9.70 Å². The highest BCUT2D eigenvalue weighted by molar-refractivity contribution is 9.09. The molecule has 0 fully saturated rings. The van der Waals surface area contributed by atoms with Crippen LogP contribution >= 0.6 is 15.9 Å². The molecule has 4 nitrogen and oxygen atoms in total. The molecule has 0 aliphatic heterocycles. The van der Waals surface area contributed by atoms with E-state index in [1.807, 2.05) is 0 Å². The molecule has 0 heterocycles. The lowest BCUT2D eigenvalue weighted by Crippen LogP contribution is -2.40. The van der Waals surface area contributed by atoms with Gasteiger partial charge >= 0.3 is 0 Å². The summed E-state index contributed by atoms with van der Waals surface area (Å²) in [5, 5.41) is 3.80. The van der Waals surface area contributed by atoms with Crippen LogP contribution in [0.1, 0.15) is 71.6 Å². The number of nitroso groups, excluding NO2 is 1. The van der Waals surface area contributed by atoms with Gasteiger partial charge in [-0.05, 0) is 51.4 Å². The minimum Gasteiger partial charge on any atom is -0.340 e. The smallest absolute Gasteiger partial charge is 0.219 e. The molecule has 0 aromatic heterocycles. The normalized spacial score (nSPS) is 12.5. The van der Waals surface area contributed by atoms with Crippen LogP contribution in [0.25, 0.3) is 0 Å². The Hall–Kier alpha value is -0.710. The second-order valence-corrected chi connectivity index (χ2v) is 6.74. The fraction of sp³-hybridized carbons (Fsp3) is 0.833. The van der Waals surface area contributed by atoms with Gasteiger partial charge in [0, 0.05) is 24.8 Å². The van der Waals surface area contributed by atoms with Crippen molar-refractivity contribution in [2.24, 2.45) is 5.18 Å². The van der Waals surface area contributed by atoms with Gasteiger partial charge in [0.15, 0.2) is 0 Å². The van der Waals surface area contributed by atoms with Crippen molar-refractivity contribution in [1.82, 2.24) is 4.90 Å². The van der Waals surface area contributed by atoms with E-state index in [1.165, 1.54) is 0 Å².